The largest absolute Gasteiger partial charge is 0.491 e. The van der Waals surface area contributed by atoms with Crippen molar-refractivity contribution in [3.05, 3.63) is 65.2 Å². The van der Waals surface area contributed by atoms with Gasteiger partial charge in [-0.15, -0.1) is 0 Å². The normalized spacial score (nSPS) is 15.9. The van der Waals surface area contributed by atoms with E-state index >= 15 is 0 Å². The van der Waals surface area contributed by atoms with Gasteiger partial charge >= 0.3 is 11.9 Å². The molecule has 4 N–H and O–H groups in total. The Hall–Kier alpha value is -2.90. The second kappa shape index (κ2) is 11.9. The number of para-hydroxylation sites is 1. The first-order valence-electron chi connectivity index (χ1n) is 10.1. The lowest BCUT2D eigenvalue weighted by Crippen LogP contribution is -2.35. The molecular formula is C23H29NO6. The summed E-state index contributed by atoms with van der Waals surface area (Å²) in [4.78, 5) is 18.2. The molecule has 2 aromatic carbocycles. The minimum Gasteiger partial charge on any atom is -0.491 e. The number of ether oxygens (including phenoxy) is 1. The van der Waals surface area contributed by atoms with Crippen molar-refractivity contribution in [3.63, 3.8) is 0 Å². The summed E-state index contributed by atoms with van der Waals surface area (Å²) in [6.45, 7) is 2.98. The van der Waals surface area contributed by atoms with Crippen LogP contribution in [-0.4, -0.2) is 46.5 Å². The number of aryl methyl sites for hydroxylation is 2. The molecule has 2 aromatic rings. The van der Waals surface area contributed by atoms with Gasteiger partial charge < -0.3 is 25.4 Å². The first kappa shape index (κ1) is 23.4. The van der Waals surface area contributed by atoms with Gasteiger partial charge in [-0.05, 0) is 48.4 Å². The minimum absolute atomic E-state index is 0.318. The molecule has 0 saturated carbocycles. The average Bonchev–Trinajstić information content (AvgIpc) is 2.76. The van der Waals surface area contributed by atoms with Gasteiger partial charge in [0.15, 0.2) is 0 Å². The molecule has 0 amide bonds. The quantitative estimate of drug-likeness (QED) is 0.514. The molecule has 0 unspecified atom stereocenters. The molecule has 0 saturated heterocycles. The topological polar surface area (TPSA) is 116 Å². The van der Waals surface area contributed by atoms with Crippen LogP contribution in [0, 0.1) is 0 Å². The van der Waals surface area contributed by atoms with Gasteiger partial charge in [-0.3, -0.25) is 0 Å². The van der Waals surface area contributed by atoms with Gasteiger partial charge in [-0.2, -0.15) is 0 Å². The van der Waals surface area contributed by atoms with E-state index in [1.54, 1.807) is 0 Å². The highest BCUT2D eigenvalue weighted by Crippen LogP contribution is 2.29. The Bertz CT molecular complexity index is 826. The number of aliphatic carboxylic acids is 2. The Kier molecular flexibility index (Phi) is 9.31. The number of rotatable bonds is 7. The molecule has 0 aromatic heterocycles. The van der Waals surface area contributed by atoms with Gasteiger partial charge in [0.05, 0.1) is 0 Å². The van der Waals surface area contributed by atoms with E-state index in [0.29, 0.717) is 19.2 Å². The summed E-state index contributed by atoms with van der Waals surface area (Å²) in [5, 5.41) is 28.6. The van der Waals surface area contributed by atoms with Crippen LogP contribution in [0.4, 0.5) is 0 Å². The maximum Gasteiger partial charge on any atom is 0.414 e. The molecule has 0 spiro atoms. The van der Waals surface area contributed by atoms with Crippen molar-refractivity contribution in [2.75, 3.05) is 13.2 Å². The Labute approximate surface area is 176 Å². The van der Waals surface area contributed by atoms with Crippen molar-refractivity contribution in [2.45, 2.75) is 44.8 Å². The number of aliphatic hydroxyl groups excluding tert-OH is 1. The molecule has 30 heavy (non-hydrogen) atoms. The van der Waals surface area contributed by atoms with Gasteiger partial charge in [0.25, 0.3) is 0 Å². The van der Waals surface area contributed by atoms with Crippen molar-refractivity contribution >= 4 is 11.9 Å². The zero-order valence-electron chi connectivity index (χ0n) is 17.1. The maximum absolute atomic E-state index is 10.3. The van der Waals surface area contributed by atoms with Crippen LogP contribution in [0.5, 0.6) is 5.75 Å². The molecule has 0 bridgehead atoms. The third kappa shape index (κ3) is 7.17. The first-order chi connectivity index (χ1) is 14.4. The maximum atomic E-state index is 10.3. The summed E-state index contributed by atoms with van der Waals surface area (Å²) in [7, 11) is 0. The van der Waals surface area contributed by atoms with E-state index in [-0.39, 0.29) is 0 Å². The molecule has 0 fully saturated rings. The minimum atomic E-state index is -1.82. The third-order valence-corrected chi connectivity index (χ3v) is 4.94. The monoisotopic (exact) mass is 415 g/mol. The lowest BCUT2D eigenvalue weighted by atomic mass is 9.88. The summed E-state index contributed by atoms with van der Waals surface area (Å²) in [5.41, 5.74) is 4.00. The fraction of sp³-hybridized carbons (Fsp3) is 0.391. The molecule has 1 aliphatic carbocycles. The van der Waals surface area contributed by atoms with Crippen LogP contribution in [0.2, 0.25) is 0 Å². The number of nitrogens with one attached hydrogen (secondary N) is 1. The molecular weight excluding hydrogens is 386 g/mol. The van der Waals surface area contributed by atoms with Gasteiger partial charge in [-0.1, -0.05) is 49.4 Å². The zero-order chi connectivity index (χ0) is 21.9. The average molecular weight is 415 g/mol. The van der Waals surface area contributed by atoms with E-state index < -0.39 is 18.0 Å². The van der Waals surface area contributed by atoms with Crippen molar-refractivity contribution < 1.29 is 29.6 Å². The van der Waals surface area contributed by atoms with Crippen LogP contribution in [0.1, 0.15) is 42.5 Å². The van der Waals surface area contributed by atoms with Crippen molar-refractivity contribution in [1.29, 1.82) is 0 Å². The van der Waals surface area contributed by atoms with E-state index in [1.165, 1.54) is 23.1 Å². The van der Waals surface area contributed by atoms with Crippen molar-refractivity contribution in [3.8, 4) is 5.75 Å². The van der Waals surface area contributed by atoms with Crippen LogP contribution in [0.3, 0.4) is 0 Å². The number of benzene rings is 2. The summed E-state index contributed by atoms with van der Waals surface area (Å²) in [6.07, 6.45) is 3.91. The van der Waals surface area contributed by atoms with E-state index in [2.05, 4.69) is 42.6 Å². The highest BCUT2D eigenvalue weighted by Gasteiger charge is 2.20. The Morgan fingerprint density at radius 2 is 1.77 bits per heavy atom. The molecule has 2 atom stereocenters. The smallest absolute Gasteiger partial charge is 0.414 e. The van der Waals surface area contributed by atoms with Gasteiger partial charge in [0.2, 0.25) is 0 Å². The summed E-state index contributed by atoms with van der Waals surface area (Å²) in [6, 6.07) is 17.0. The number of carbonyl (C=O) groups is 2. The third-order valence-electron chi connectivity index (χ3n) is 4.94. The van der Waals surface area contributed by atoms with Crippen LogP contribution in [0.25, 0.3) is 0 Å². The van der Waals surface area contributed by atoms with E-state index in [0.717, 1.165) is 25.0 Å². The molecule has 1 aliphatic rings. The molecule has 162 valence electrons. The van der Waals surface area contributed by atoms with Crippen LogP contribution in [-0.2, 0) is 22.4 Å². The predicted molar refractivity (Wildman–Crippen MR) is 113 cm³/mol. The highest BCUT2D eigenvalue weighted by atomic mass is 16.5. The van der Waals surface area contributed by atoms with Crippen LogP contribution < -0.4 is 10.1 Å². The lowest BCUT2D eigenvalue weighted by molar-refractivity contribution is -0.159. The van der Waals surface area contributed by atoms with E-state index in [1.807, 2.05) is 18.2 Å². The lowest BCUT2D eigenvalue weighted by Gasteiger charge is -2.27. The second-order valence-electron chi connectivity index (χ2n) is 7.09. The van der Waals surface area contributed by atoms with Crippen LogP contribution >= 0.6 is 0 Å². The van der Waals surface area contributed by atoms with Crippen molar-refractivity contribution in [2.24, 2.45) is 0 Å². The summed E-state index contributed by atoms with van der Waals surface area (Å²) in [5.74, 6) is -2.77. The fourth-order valence-corrected chi connectivity index (χ4v) is 3.43. The number of carboxylic acid groups (broad SMARTS) is 2. The molecule has 7 nitrogen and oxygen atoms in total. The number of fused-ring (bicyclic) bond motifs is 1. The second-order valence-corrected chi connectivity index (χ2v) is 7.09. The number of hydrogen-bond acceptors (Lipinski definition) is 5. The molecule has 0 radical (unpaired) electrons. The zero-order valence-corrected chi connectivity index (χ0v) is 17.1. The summed E-state index contributed by atoms with van der Waals surface area (Å²) >= 11 is 0. The van der Waals surface area contributed by atoms with Crippen molar-refractivity contribution in [1.82, 2.24) is 5.32 Å². The Morgan fingerprint density at radius 3 is 2.47 bits per heavy atom. The fourth-order valence-electron chi connectivity index (χ4n) is 3.43. The molecule has 3 rings (SSSR count). The van der Waals surface area contributed by atoms with E-state index in [4.69, 9.17) is 24.5 Å². The molecule has 7 heteroatoms. The predicted octanol–water partition coefficient (Wildman–Crippen LogP) is 2.81. The Morgan fingerprint density at radius 1 is 1.10 bits per heavy atom. The molecule has 0 aliphatic heterocycles. The Balaban J connectivity index is 0.000000469. The molecule has 0 heterocycles. The van der Waals surface area contributed by atoms with Crippen LogP contribution in [0.15, 0.2) is 48.5 Å². The summed E-state index contributed by atoms with van der Waals surface area (Å²) < 4.78 is 5.81. The SMILES string of the molecule is CCc1ccccc1OC[C@H](O)CN[C@H]1CCCc2ccccc21.O=C(O)C(=O)O. The highest BCUT2D eigenvalue weighted by molar-refractivity contribution is 6.27. The first-order valence-corrected chi connectivity index (χ1v) is 10.1. The number of hydrogen-bond donors (Lipinski definition) is 4. The van der Waals surface area contributed by atoms with E-state index in [9.17, 15) is 5.11 Å². The van der Waals surface area contributed by atoms with Gasteiger partial charge in [-0.25, -0.2) is 9.59 Å². The van der Waals surface area contributed by atoms with Gasteiger partial charge in [0.1, 0.15) is 18.5 Å². The number of carboxylic acids is 2. The van der Waals surface area contributed by atoms with Gasteiger partial charge in [0, 0.05) is 12.6 Å². The number of aliphatic hydroxyl groups is 1. The standard InChI is InChI=1S/C21H27NO2.C2H2O4/c1-2-16-8-4-6-13-21(16)24-15-18(23)14-22-20-12-7-10-17-9-3-5-11-19(17)20;3-1(4)2(5)6/h3-6,8-9,11,13,18,20,22-23H,2,7,10,12,14-15H2,1H3;(H,3,4)(H,5,6)/t18-,20+;/m1./s1.